The van der Waals surface area contributed by atoms with Gasteiger partial charge in [0, 0.05) is 14.1 Å². The highest BCUT2D eigenvalue weighted by atomic mass is 16.5. The number of aromatic nitrogens is 2. The maximum absolute atomic E-state index is 12.4. The third kappa shape index (κ3) is 3.65. The minimum absolute atomic E-state index is 0.0314. The van der Waals surface area contributed by atoms with Gasteiger partial charge < -0.3 is 4.74 Å². The summed E-state index contributed by atoms with van der Waals surface area (Å²) in [6, 6.07) is 7.35. The molecule has 24 heavy (non-hydrogen) atoms. The van der Waals surface area contributed by atoms with E-state index < -0.39 is 11.2 Å². The summed E-state index contributed by atoms with van der Waals surface area (Å²) in [5.74, 6) is 0.0902. The Morgan fingerprint density at radius 2 is 1.75 bits per heavy atom. The van der Waals surface area contributed by atoms with Crippen LogP contribution in [0, 0.1) is 6.92 Å². The number of rotatable bonds is 5. The van der Waals surface area contributed by atoms with Crippen molar-refractivity contribution < 1.29 is 4.74 Å². The number of azo groups is 1. The van der Waals surface area contributed by atoms with Crippen molar-refractivity contribution in [2.45, 2.75) is 13.8 Å². The smallest absolute Gasteiger partial charge is 0.332 e. The van der Waals surface area contributed by atoms with Gasteiger partial charge in [-0.1, -0.05) is 17.7 Å². The molecule has 0 N–H and O–H groups in total. The quantitative estimate of drug-likeness (QED) is 0.479. The molecule has 0 unspecified atom stereocenters. The Hall–Kier alpha value is -3.03. The van der Waals surface area contributed by atoms with Gasteiger partial charge in [-0.05, 0) is 26.0 Å². The Bertz CT molecular complexity index is 892. The highest BCUT2D eigenvalue weighted by Crippen LogP contribution is 2.24. The summed E-state index contributed by atoms with van der Waals surface area (Å²) in [7, 11) is 2.89. The first kappa shape index (κ1) is 17.3. The maximum Gasteiger partial charge on any atom is 0.332 e. The van der Waals surface area contributed by atoms with Gasteiger partial charge in [0.1, 0.15) is 0 Å². The van der Waals surface area contributed by atoms with Gasteiger partial charge in [0.2, 0.25) is 0 Å². The molecule has 0 bridgehead atoms. The van der Waals surface area contributed by atoms with Crippen LogP contribution in [0.1, 0.15) is 12.5 Å². The van der Waals surface area contributed by atoms with Gasteiger partial charge in [-0.15, -0.1) is 5.11 Å². The molecule has 0 fully saturated rings. The second-order valence-corrected chi connectivity index (χ2v) is 5.10. The first-order valence-corrected chi connectivity index (χ1v) is 7.38. The molecule has 0 atom stereocenters. The normalized spacial score (nSPS) is 11.5. The number of nitrogens with zero attached hydrogens (tertiary/aromatic N) is 5. The van der Waals surface area contributed by atoms with Crippen LogP contribution in [-0.2, 0) is 18.8 Å². The van der Waals surface area contributed by atoms with Crippen molar-refractivity contribution in [3.05, 3.63) is 50.7 Å². The van der Waals surface area contributed by atoms with Crippen LogP contribution >= 0.6 is 0 Å². The van der Waals surface area contributed by atoms with Crippen LogP contribution in [0.4, 0.5) is 17.2 Å². The monoisotopic (exact) mass is 329 g/mol. The standard InChI is InChI=1S/C16H19N5O3/c1-5-24-10-17-14-13(15(22)21(4)16(23)20(14)3)19-18-12-8-6-11(2)7-9-12/h6-10H,5H2,1-4H3/b17-10+,19-18?. The van der Waals surface area contributed by atoms with Crippen molar-refractivity contribution in [1.82, 2.24) is 9.13 Å². The summed E-state index contributed by atoms with van der Waals surface area (Å²) in [6.45, 7) is 4.18. The minimum atomic E-state index is -0.572. The molecule has 0 aliphatic carbocycles. The summed E-state index contributed by atoms with van der Waals surface area (Å²) in [4.78, 5) is 28.4. The van der Waals surface area contributed by atoms with E-state index in [2.05, 4.69) is 15.2 Å². The summed E-state index contributed by atoms with van der Waals surface area (Å²) in [6.07, 6.45) is 1.18. The molecule has 8 nitrogen and oxygen atoms in total. The number of hydrogen-bond acceptors (Lipinski definition) is 6. The van der Waals surface area contributed by atoms with Crippen molar-refractivity contribution >= 4 is 23.6 Å². The maximum atomic E-state index is 12.4. The molecule has 126 valence electrons. The van der Waals surface area contributed by atoms with Gasteiger partial charge in [0.05, 0.1) is 12.3 Å². The van der Waals surface area contributed by atoms with Gasteiger partial charge in [-0.25, -0.2) is 9.79 Å². The van der Waals surface area contributed by atoms with E-state index in [1.165, 1.54) is 25.1 Å². The lowest BCUT2D eigenvalue weighted by atomic mass is 10.2. The van der Waals surface area contributed by atoms with E-state index >= 15 is 0 Å². The van der Waals surface area contributed by atoms with Crippen LogP contribution in [-0.4, -0.2) is 22.1 Å². The average molecular weight is 329 g/mol. The zero-order valence-corrected chi connectivity index (χ0v) is 14.1. The summed E-state index contributed by atoms with van der Waals surface area (Å²) >= 11 is 0. The topological polar surface area (TPSA) is 90.3 Å². The van der Waals surface area contributed by atoms with Crippen molar-refractivity contribution in [2.24, 2.45) is 29.3 Å². The summed E-state index contributed by atoms with van der Waals surface area (Å²) < 4.78 is 7.23. The van der Waals surface area contributed by atoms with E-state index in [0.717, 1.165) is 10.1 Å². The Morgan fingerprint density at radius 1 is 1.08 bits per heavy atom. The number of benzene rings is 1. The zero-order valence-electron chi connectivity index (χ0n) is 14.1. The lowest BCUT2D eigenvalue weighted by molar-refractivity contribution is 0.343. The van der Waals surface area contributed by atoms with Gasteiger partial charge >= 0.3 is 5.69 Å². The lowest BCUT2D eigenvalue weighted by Gasteiger charge is -2.08. The second kappa shape index (κ2) is 7.49. The zero-order chi connectivity index (χ0) is 17.7. The van der Waals surface area contributed by atoms with Crippen LogP contribution in [0.5, 0.6) is 0 Å². The van der Waals surface area contributed by atoms with Crippen LogP contribution in [0.2, 0.25) is 0 Å². The fourth-order valence-corrected chi connectivity index (χ4v) is 1.93. The molecule has 1 heterocycles. The predicted molar refractivity (Wildman–Crippen MR) is 92.1 cm³/mol. The first-order chi connectivity index (χ1) is 11.5. The second-order valence-electron chi connectivity index (χ2n) is 5.10. The molecule has 8 heteroatoms. The van der Waals surface area contributed by atoms with Gasteiger partial charge in [0.15, 0.2) is 17.9 Å². The Labute approximate surface area is 138 Å². The first-order valence-electron chi connectivity index (χ1n) is 7.38. The van der Waals surface area contributed by atoms with Crippen LogP contribution in [0.15, 0.2) is 49.1 Å². The Kier molecular flexibility index (Phi) is 5.41. The molecule has 2 aromatic rings. The Morgan fingerprint density at radius 3 is 2.38 bits per heavy atom. The number of ether oxygens (including phenoxy) is 1. The highest BCUT2D eigenvalue weighted by molar-refractivity contribution is 5.63. The molecule has 0 radical (unpaired) electrons. The number of aliphatic imine (C=N–C) groups is 1. The molecule has 0 aliphatic heterocycles. The lowest BCUT2D eigenvalue weighted by Crippen LogP contribution is -2.36. The molecule has 1 aromatic carbocycles. The molecular weight excluding hydrogens is 310 g/mol. The molecule has 0 aliphatic rings. The van der Waals surface area contributed by atoms with Gasteiger partial charge in [-0.3, -0.25) is 13.9 Å². The van der Waals surface area contributed by atoms with E-state index in [4.69, 9.17) is 4.74 Å². The third-order valence-electron chi connectivity index (χ3n) is 3.33. The number of aryl methyl sites for hydroxylation is 1. The summed E-state index contributed by atoms with van der Waals surface area (Å²) in [5.41, 5.74) is 0.580. The molecule has 0 saturated carbocycles. The van der Waals surface area contributed by atoms with Crippen molar-refractivity contribution in [1.29, 1.82) is 0 Å². The van der Waals surface area contributed by atoms with Crippen molar-refractivity contribution in [2.75, 3.05) is 6.61 Å². The van der Waals surface area contributed by atoms with E-state index in [-0.39, 0.29) is 11.5 Å². The van der Waals surface area contributed by atoms with Crippen LogP contribution in [0.25, 0.3) is 0 Å². The summed E-state index contributed by atoms with van der Waals surface area (Å²) in [5, 5.41) is 8.07. The predicted octanol–water partition coefficient (Wildman–Crippen LogP) is 2.50. The third-order valence-corrected chi connectivity index (χ3v) is 3.33. The van der Waals surface area contributed by atoms with Gasteiger partial charge in [0.25, 0.3) is 5.56 Å². The molecule has 2 rings (SSSR count). The van der Waals surface area contributed by atoms with E-state index in [9.17, 15) is 9.59 Å². The molecule has 0 amide bonds. The molecule has 0 spiro atoms. The van der Waals surface area contributed by atoms with Crippen LogP contribution in [0.3, 0.4) is 0 Å². The molecular formula is C16H19N5O3. The van der Waals surface area contributed by atoms with Crippen molar-refractivity contribution in [3.63, 3.8) is 0 Å². The molecule has 0 saturated heterocycles. The van der Waals surface area contributed by atoms with E-state index in [1.54, 1.807) is 19.1 Å². The number of hydrogen-bond donors (Lipinski definition) is 0. The SMILES string of the molecule is CCO/C=N/c1c(N=Nc2ccc(C)cc2)c(=O)n(C)c(=O)n1C. The largest absolute Gasteiger partial charge is 0.483 e. The van der Waals surface area contributed by atoms with Crippen LogP contribution < -0.4 is 11.2 Å². The Balaban J connectivity index is 2.56. The van der Waals surface area contributed by atoms with E-state index in [1.807, 2.05) is 19.1 Å². The fourth-order valence-electron chi connectivity index (χ4n) is 1.93. The minimum Gasteiger partial charge on any atom is -0.483 e. The highest BCUT2D eigenvalue weighted by Gasteiger charge is 2.14. The molecule has 1 aromatic heterocycles. The fraction of sp³-hybridized carbons (Fsp3) is 0.312. The van der Waals surface area contributed by atoms with Crippen molar-refractivity contribution in [3.8, 4) is 0 Å². The van der Waals surface area contributed by atoms with Gasteiger partial charge in [-0.2, -0.15) is 5.11 Å². The average Bonchev–Trinajstić information content (AvgIpc) is 2.58. The van der Waals surface area contributed by atoms with E-state index in [0.29, 0.717) is 12.3 Å².